The van der Waals surface area contributed by atoms with E-state index in [-0.39, 0.29) is 18.5 Å². The number of benzene rings is 2. The van der Waals surface area contributed by atoms with Gasteiger partial charge in [-0.3, -0.25) is 13.9 Å². The molecule has 2 amide bonds. The van der Waals surface area contributed by atoms with Crippen LogP contribution in [0.1, 0.15) is 49.4 Å². The smallest absolute Gasteiger partial charge is 0.244 e. The van der Waals surface area contributed by atoms with Gasteiger partial charge in [-0.1, -0.05) is 48.9 Å². The summed E-state index contributed by atoms with van der Waals surface area (Å²) in [5.41, 5.74) is 4.04. The third-order valence-corrected chi connectivity index (χ3v) is 7.08. The van der Waals surface area contributed by atoms with Gasteiger partial charge in [0.2, 0.25) is 21.8 Å². The Morgan fingerprint density at radius 2 is 1.56 bits per heavy atom. The van der Waals surface area contributed by atoms with Gasteiger partial charge in [-0.05, 0) is 63.8 Å². The molecule has 0 bridgehead atoms. The molecule has 0 saturated carbocycles. The number of hydrogen-bond acceptors (Lipinski definition) is 4. The van der Waals surface area contributed by atoms with Crippen LogP contribution in [0, 0.1) is 20.8 Å². The predicted octanol–water partition coefficient (Wildman–Crippen LogP) is 3.71. The van der Waals surface area contributed by atoms with Crippen molar-refractivity contribution in [2.45, 2.75) is 66.6 Å². The zero-order chi connectivity index (χ0) is 25.6. The third-order valence-electron chi connectivity index (χ3n) is 5.95. The molecule has 2 aromatic rings. The van der Waals surface area contributed by atoms with E-state index in [1.54, 1.807) is 13.0 Å². The van der Waals surface area contributed by atoms with Crippen molar-refractivity contribution < 1.29 is 18.0 Å². The molecule has 0 radical (unpaired) electrons. The molecule has 1 N–H and O–H groups in total. The van der Waals surface area contributed by atoms with Crippen molar-refractivity contribution >= 4 is 27.5 Å². The van der Waals surface area contributed by atoms with E-state index < -0.39 is 28.5 Å². The van der Waals surface area contributed by atoms with Crippen LogP contribution >= 0.6 is 0 Å². The molecule has 0 aromatic heterocycles. The topological polar surface area (TPSA) is 86.8 Å². The maximum Gasteiger partial charge on any atom is 0.244 e. The SMILES string of the molecule is CC[C@@H](C)NC(=O)[C@H](C)N(Cc1ccc(C)cc1)C(=O)CN(c1cc(C)ccc1C)S(C)(=O)=O. The lowest BCUT2D eigenvalue weighted by atomic mass is 10.1. The molecule has 0 aliphatic heterocycles. The van der Waals surface area contributed by atoms with Crippen LogP contribution in [0.15, 0.2) is 42.5 Å². The van der Waals surface area contributed by atoms with Crippen LogP contribution in [-0.4, -0.2) is 50.0 Å². The number of sulfonamides is 1. The summed E-state index contributed by atoms with van der Waals surface area (Å²) in [4.78, 5) is 27.9. The van der Waals surface area contributed by atoms with E-state index in [2.05, 4.69) is 5.32 Å². The van der Waals surface area contributed by atoms with Crippen molar-refractivity contribution in [2.24, 2.45) is 0 Å². The molecule has 0 aliphatic carbocycles. The van der Waals surface area contributed by atoms with E-state index in [4.69, 9.17) is 0 Å². The molecular formula is C26H37N3O4S. The highest BCUT2D eigenvalue weighted by atomic mass is 32.2. The van der Waals surface area contributed by atoms with Crippen LogP contribution in [0.3, 0.4) is 0 Å². The summed E-state index contributed by atoms with van der Waals surface area (Å²) in [5, 5.41) is 2.93. The zero-order valence-corrected chi connectivity index (χ0v) is 22.1. The Kier molecular flexibility index (Phi) is 9.27. The van der Waals surface area contributed by atoms with E-state index in [1.807, 2.05) is 71.0 Å². The summed E-state index contributed by atoms with van der Waals surface area (Å²) >= 11 is 0. The van der Waals surface area contributed by atoms with Crippen molar-refractivity contribution in [2.75, 3.05) is 17.1 Å². The lowest BCUT2D eigenvalue weighted by molar-refractivity contribution is -0.139. The minimum absolute atomic E-state index is 0.0336. The van der Waals surface area contributed by atoms with Crippen molar-refractivity contribution in [3.05, 3.63) is 64.7 Å². The average Bonchev–Trinajstić information content (AvgIpc) is 2.77. The van der Waals surface area contributed by atoms with Gasteiger partial charge in [-0.2, -0.15) is 0 Å². The summed E-state index contributed by atoms with van der Waals surface area (Å²) in [7, 11) is -3.75. The Labute approximate surface area is 204 Å². The zero-order valence-electron chi connectivity index (χ0n) is 21.3. The molecule has 2 atom stereocenters. The van der Waals surface area contributed by atoms with Gasteiger partial charge in [0, 0.05) is 12.6 Å². The molecule has 0 spiro atoms. The fourth-order valence-corrected chi connectivity index (χ4v) is 4.42. The van der Waals surface area contributed by atoms with Crippen LogP contribution in [0.25, 0.3) is 0 Å². The number of amides is 2. The van der Waals surface area contributed by atoms with Crippen LogP contribution in [0.5, 0.6) is 0 Å². The van der Waals surface area contributed by atoms with Crippen molar-refractivity contribution in [1.29, 1.82) is 0 Å². The van der Waals surface area contributed by atoms with Gasteiger partial charge < -0.3 is 10.2 Å². The second kappa shape index (κ2) is 11.5. The van der Waals surface area contributed by atoms with Gasteiger partial charge in [-0.15, -0.1) is 0 Å². The van der Waals surface area contributed by atoms with Gasteiger partial charge in [0.15, 0.2) is 0 Å². The van der Waals surface area contributed by atoms with Crippen molar-refractivity contribution in [3.63, 3.8) is 0 Å². The molecule has 2 aromatic carbocycles. The van der Waals surface area contributed by atoms with E-state index in [9.17, 15) is 18.0 Å². The molecule has 34 heavy (non-hydrogen) atoms. The molecule has 0 saturated heterocycles. The molecule has 186 valence electrons. The minimum atomic E-state index is -3.75. The highest BCUT2D eigenvalue weighted by molar-refractivity contribution is 7.92. The quantitative estimate of drug-likeness (QED) is 0.554. The van der Waals surface area contributed by atoms with Crippen molar-refractivity contribution in [1.82, 2.24) is 10.2 Å². The number of hydrogen-bond donors (Lipinski definition) is 1. The number of anilines is 1. The molecule has 0 unspecified atom stereocenters. The molecule has 0 heterocycles. The van der Waals surface area contributed by atoms with Gasteiger partial charge in [0.25, 0.3) is 0 Å². The Hall–Kier alpha value is -2.87. The van der Waals surface area contributed by atoms with E-state index in [1.165, 1.54) is 4.90 Å². The van der Waals surface area contributed by atoms with Crippen LogP contribution in [-0.2, 0) is 26.2 Å². The number of nitrogens with one attached hydrogen (secondary N) is 1. The summed E-state index contributed by atoms with van der Waals surface area (Å²) in [5.74, 6) is -0.717. The highest BCUT2D eigenvalue weighted by Crippen LogP contribution is 2.24. The Morgan fingerprint density at radius 3 is 2.12 bits per heavy atom. The van der Waals surface area contributed by atoms with E-state index in [0.717, 1.165) is 39.2 Å². The number of aryl methyl sites for hydroxylation is 3. The maximum absolute atomic E-state index is 13.6. The third kappa shape index (κ3) is 7.32. The number of carbonyl (C=O) groups is 2. The summed E-state index contributed by atoms with van der Waals surface area (Å²) < 4.78 is 26.6. The maximum atomic E-state index is 13.6. The monoisotopic (exact) mass is 487 g/mol. The standard InChI is InChI=1S/C26H37N3O4S/c1-8-21(5)27-26(31)22(6)28(16-23-13-10-18(2)11-14-23)25(30)17-29(34(7,32)33)24-15-19(3)9-12-20(24)4/h9-15,21-22H,8,16-17H2,1-7H3,(H,27,31)/t21-,22+/m1/s1. The Balaban J connectivity index is 2.42. The average molecular weight is 488 g/mol. The van der Waals surface area contributed by atoms with Crippen LogP contribution in [0.4, 0.5) is 5.69 Å². The van der Waals surface area contributed by atoms with E-state index in [0.29, 0.717) is 5.69 Å². The number of rotatable bonds is 10. The number of nitrogens with zero attached hydrogens (tertiary/aromatic N) is 2. The predicted molar refractivity (Wildman–Crippen MR) is 137 cm³/mol. The normalized spacial score (nSPS) is 13.1. The Bertz CT molecular complexity index is 1110. The second-order valence-corrected chi connectivity index (χ2v) is 11.0. The van der Waals surface area contributed by atoms with E-state index >= 15 is 0 Å². The molecular weight excluding hydrogens is 450 g/mol. The first-order valence-corrected chi connectivity index (χ1v) is 13.4. The summed E-state index contributed by atoms with van der Waals surface area (Å²) in [6, 6.07) is 12.4. The van der Waals surface area contributed by atoms with Crippen LogP contribution in [0.2, 0.25) is 0 Å². The van der Waals surface area contributed by atoms with Gasteiger partial charge in [0.05, 0.1) is 11.9 Å². The molecule has 8 heteroatoms. The first-order chi connectivity index (χ1) is 15.8. The minimum Gasteiger partial charge on any atom is -0.352 e. The first kappa shape index (κ1) is 27.4. The van der Waals surface area contributed by atoms with Gasteiger partial charge >= 0.3 is 0 Å². The van der Waals surface area contributed by atoms with Gasteiger partial charge in [0.1, 0.15) is 12.6 Å². The van der Waals surface area contributed by atoms with Crippen molar-refractivity contribution in [3.8, 4) is 0 Å². The second-order valence-electron chi connectivity index (χ2n) is 9.06. The molecule has 2 rings (SSSR count). The first-order valence-electron chi connectivity index (χ1n) is 11.5. The lowest BCUT2D eigenvalue weighted by Gasteiger charge is -2.32. The molecule has 0 aliphatic rings. The number of carbonyl (C=O) groups excluding carboxylic acids is 2. The molecule has 0 fully saturated rings. The summed E-state index contributed by atoms with van der Waals surface area (Å²) in [6.45, 7) is 11.0. The fourth-order valence-electron chi connectivity index (χ4n) is 3.52. The summed E-state index contributed by atoms with van der Waals surface area (Å²) in [6.07, 6.45) is 1.85. The largest absolute Gasteiger partial charge is 0.352 e. The highest BCUT2D eigenvalue weighted by Gasteiger charge is 2.31. The van der Waals surface area contributed by atoms with Crippen LogP contribution < -0.4 is 9.62 Å². The molecule has 7 nitrogen and oxygen atoms in total. The fraction of sp³-hybridized carbons (Fsp3) is 0.462. The Morgan fingerprint density at radius 1 is 0.971 bits per heavy atom. The lowest BCUT2D eigenvalue weighted by Crippen LogP contribution is -2.52. The van der Waals surface area contributed by atoms with Gasteiger partial charge in [-0.25, -0.2) is 8.42 Å².